The van der Waals surface area contributed by atoms with Gasteiger partial charge < -0.3 is 14.6 Å². The lowest BCUT2D eigenvalue weighted by Gasteiger charge is -2.23. The predicted molar refractivity (Wildman–Crippen MR) is 67.1 cm³/mol. The molecule has 0 fully saturated rings. The molecule has 1 aromatic rings. The van der Waals surface area contributed by atoms with Gasteiger partial charge in [-0.1, -0.05) is 6.92 Å². The lowest BCUT2D eigenvalue weighted by Crippen LogP contribution is -2.29. The number of carbonyl (C=O) groups is 1. The zero-order valence-corrected chi connectivity index (χ0v) is 11.2. The molecular formula is C13H19NO4. The highest BCUT2D eigenvalue weighted by Crippen LogP contribution is 2.35. The number of carboxylic acids is 1. The molecule has 0 aliphatic heterocycles. The van der Waals surface area contributed by atoms with Gasteiger partial charge in [0.2, 0.25) is 0 Å². The number of ether oxygens (including phenoxy) is 2. The second-order valence-corrected chi connectivity index (χ2v) is 4.39. The van der Waals surface area contributed by atoms with Crippen LogP contribution in [0, 0.1) is 5.41 Å². The molecule has 1 N–H and O–H groups in total. The fraction of sp³-hybridized carbons (Fsp3) is 0.538. The number of aliphatic carboxylic acids is 1. The molecule has 1 aromatic heterocycles. The third kappa shape index (κ3) is 2.72. The summed E-state index contributed by atoms with van der Waals surface area (Å²) < 4.78 is 10.4. The van der Waals surface area contributed by atoms with E-state index in [1.807, 2.05) is 6.92 Å². The van der Waals surface area contributed by atoms with Crippen molar-refractivity contribution in [2.24, 2.45) is 5.41 Å². The smallest absolute Gasteiger partial charge is 0.309 e. The molecule has 0 aliphatic rings. The van der Waals surface area contributed by atoms with Crippen LogP contribution in [0.25, 0.3) is 0 Å². The van der Waals surface area contributed by atoms with Crippen molar-refractivity contribution in [3.63, 3.8) is 0 Å². The zero-order valence-electron chi connectivity index (χ0n) is 11.2. The summed E-state index contributed by atoms with van der Waals surface area (Å²) in [7, 11) is 3.06. The maximum atomic E-state index is 11.3. The van der Waals surface area contributed by atoms with E-state index in [9.17, 15) is 9.90 Å². The van der Waals surface area contributed by atoms with Gasteiger partial charge in [-0.25, -0.2) is 0 Å². The number of pyridine rings is 1. The van der Waals surface area contributed by atoms with Crippen LogP contribution in [0.5, 0.6) is 11.5 Å². The number of methoxy groups -OCH3 is 2. The first kappa shape index (κ1) is 14.3. The third-order valence-electron chi connectivity index (χ3n) is 3.22. The number of nitrogens with zero attached hydrogens (tertiary/aromatic N) is 1. The van der Waals surface area contributed by atoms with E-state index < -0.39 is 11.4 Å². The monoisotopic (exact) mass is 253 g/mol. The van der Waals surface area contributed by atoms with Crippen molar-refractivity contribution in [1.82, 2.24) is 4.98 Å². The minimum absolute atomic E-state index is 0.305. The van der Waals surface area contributed by atoms with Crippen molar-refractivity contribution in [2.75, 3.05) is 14.2 Å². The summed E-state index contributed by atoms with van der Waals surface area (Å²) in [5, 5.41) is 9.28. The highest BCUT2D eigenvalue weighted by molar-refractivity contribution is 5.74. The van der Waals surface area contributed by atoms with Crippen molar-refractivity contribution in [3.05, 3.63) is 18.0 Å². The molecular weight excluding hydrogens is 234 g/mol. The van der Waals surface area contributed by atoms with Gasteiger partial charge in [-0.15, -0.1) is 0 Å². The van der Waals surface area contributed by atoms with Gasteiger partial charge in [0.05, 0.1) is 25.3 Å². The topological polar surface area (TPSA) is 68.7 Å². The number of rotatable bonds is 6. The Morgan fingerprint density at radius 1 is 1.44 bits per heavy atom. The van der Waals surface area contributed by atoms with Crippen LogP contribution >= 0.6 is 0 Å². The molecule has 1 unspecified atom stereocenters. The van der Waals surface area contributed by atoms with Crippen molar-refractivity contribution in [2.45, 2.75) is 26.7 Å². The van der Waals surface area contributed by atoms with E-state index >= 15 is 0 Å². The molecule has 0 spiro atoms. The van der Waals surface area contributed by atoms with Crippen molar-refractivity contribution < 1.29 is 19.4 Å². The molecule has 0 saturated carbocycles. The van der Waals surface area contributed by atoms with Crippen LogP contribution in [0.1, 0.15) is 26.0 Å². The summed E-state index contributed by atoms with van der Waals surface area (Å²) in [4.78, 5) is 15.5. The van der Waals surface area contributed by atoms with Crippen LogP contribution < -0.4 is 9.47 Å². The van der Waals surface area contributed by atoms with Crippen LogP contribution in [0.4, 0.5) is 0 Å². The molecule has 100 valence electrons. The highest BCUT2D eigenvalue weighted by Gasteiger charge is 2.33. The SMILES string of the molecule is CCC(C)(Cc1nccc(OC)c1OC)C(=O)O. The number of hydrogen-bond donors (Lipinski definition) is 1. The molecule has 0 radical (unpaired) electrons. The average Bonchev–Trinajstić information content (AvgIpc) is 2.37. The Bertz CT molecular complexity index is 433. The third-order valence-corrected chi connectivity index (χ3v) is 3.22. The zero-order chi connectivity index (χ0) is 13.8. The summed E-state index contributed by atoms with van der Waals surface area (Å²) >= 11 is 0. The van der Waals surface area contributed by atoms with Gasteiger partial charge in [-0.2, -0.15) is 0 Å². The van der Waals surface area contributed by atoms with E-state index in [0.29, 0.717) is 30.0 Å². The minimum atomic E-state index is -0.855. The van der Waals surface area contributed by atoms with Crippen LogP contribution in [0.2, 0.25) is 0 Å². The van der Waals surface area contributed by atoms with E-state index in [0.717, 1.165) is 0 Å². The first-order valence-corrected chi connectivity index (χ1v) is 5.77. The average molecular weight is 253 g/mol. The molecule has 0 aliphatic carbocycles. The van der Waals surface area contributed by atoms with E-state index in [2.05, 4.69) is 4.98 Å². The number of aromatic nitrogens is 1. The van der Waals surface area contributed by atoms with E-state index in [-0.39, 0.29) is 0 Å². The number of carboxylic acid groups (broad SMARTS) is 1. The lowest BCUT2D eigenvalue weighted by molar-refractivity contribution is -0.148. The number of hydrogen-bond acceptors (Lipinski definition) is 4. The molecule has 0 amide bonds. The Morgan fingerprint density at radius 2 is 2.11 bits per heavy atom. The summed E-state index contributed by atoms with van der Waals surface area (Å²) in [6.45, 7) is 3.55. The Kier molecular flexibility index (Phi) is 4.53. The van der Waals surface area contributed by atoms with E-state index in [1.165, 1.54) is 14.2 Å². The van der Waals surface area contributed by atoms with Gasteiger partial charge in [0.25, 0.3) is 0 Å². The van der Waals surface area contributed by atoms with Gasteiger partial charge in [0, 0.05) is 18.7 Å². The molecule has 0 bridgehead atoms. The first-order chi connectivity index (χ1) is 8.48. The van der Waals surface area contributed by atoms with Gasteiger partial charge in [0.1, 0.15) is 0 Å². The highest BCUT2D eigenvalue weighted by atomic mass is 16.5. The summed E-state index contributed by atoms with van der Waals surface area (Å²) in [6, 6.07) is 1.69. The lowest BCUT2D eigenvalue weighted by atomic mass is 9.82. The van der Waals surface area contributed by atoms with Gasteiger partial charge in [-0.05, 0) is 13.3 Å². The Balaban J connectivity index is 3.14. The molecule has 0 saturated heterocycles. The van der Waals surface area contributed by atoms with Gasteiger partial charge >= 0.3 is 5.97 Å². The van der Waals surface area contributed by atoms with Crippen molar-refractivity contribution >= 4 is 5.97 Å². The molecule has 0 aromatic carbocycles. The molecule has 1 rings (SSSR count). The molecule has 5 heteroatoms. The first-order valence-electron chi connectivity index (χ1n) is 5.77. The maximum absolute atomic E-state index is 11.3. The predicted octanol–water partition coefficient (Wildman–Crippen LogP) is 2.14. The van der Waals surface area contributed by atoms with Crippen LogP contribution in [0.3, 0.4) is 0 Å². The fourth-order valence-corrected chi connectivity index (χ4v) is 1.70. The fourth-order valence-electron chi connectivity index (χ4n) is 1.70. The van der Waals surface area contributed by atoms with Crippen molar-refractivity contribution in [3.8, 4) is 11.5 Å². The van der Waals surface area contributed by atoms with Crippen molar-refractivity contribution in [1.29, 1.82) is 0 Å². The summed E-state index contributed by atoms with van der Waals surface area (Å²) in [6.07, 6.45) is 2.41. The minimum Gasteiger partial charge on any atom is -0.493 e. The largest absolute Gasteiger partial charge is 0.493 e. The Morgan fingerprint density at radius 3 is 2.56 bits per heavy atom. The van der Waals surface area contributed by atoms with E-state index in [4.69, 9.17) is 9.47 Å². The quantitative estimate of drug-likeness (QED) is 0.841. The molecule has 1 atom stereocenters. The van der Waals surface area contributed by atoms with Crippen LogP contribution in [0.15, 0.2) is 12.3 Å². The summed E-state index contributed by atoms with van der Waals surface area (Å²) in [5.74, 6) is 0.226. The van der Waals surface area contributed by atoms with E-state index in [1.54, 1.807) is 19.2 Å². The maximum Gasteiger partial charge on any atom is 0.309 e. The summed E-state index contributed by atoms with van der Waals surface area (Å²) in [5.41, 5.74) is -0.254. The normalized spacial score (nSPS) is 13.8. The van der Waals surface area contributed by atoms with Gasteiger partial charge in [0.15, 0.2) is 11.5 Å². The Labute approximate surface area is 107 Å². The molecule has 18 heavy (non-hydrogen) atoms. The Hall–Kier alpha value is -1.78. The molecule has 1 heterocycles. The van der Waals surface area contributed by atoms with Crippen LogP contribution in [-0.2, 0) is 11.2 Å². The second kappa shape index (κ2) is 5.71. The van der Waals surface area contributed by atoms with Gasteiger partial charge in [-0.3, -0.25) is 9.78 Å². The molecule has 5 nitrogen and oxygen atoms in total. The second-order valence-electron chi connectivity index (χ2n) is 4.39. The standard InChI is InChI=1S/C13H19NO4/c1-5-13(2,12(15)16)8-9-11(18-4)10(17-3)6-7-14-9/h6-7H,5,8H2,1-4H3,(H,15,16). The van der Waals surface area contributed by atoms with Crippen LogP contribution in [-0.4, -0.2) is 30.3 Å².